The second kappa shape index (κ2) is 11.9. The molecule has 0 spiro atoms. The smallest absolute Gasteiger partial charge is 0.293 e. The summed E-state index contributed by atoms with van der Waals surface area (Å²) in [6.45, 7) is 4.31. The highest BCUT2D eigenvalue weighted by molar-refractivity contribution is 6.30. The van der Waals surface area contributed by atoms with Crippen LogP contribution in [0, 0.1) is 22.0 Å². The van der Waals surface area contributed by atoms with Crippen LogP contribution in [0.15, 0.2) is 77.4 Å². The summed E-state index contributed by atoms with van der Waals surface area (Å²) >= 11 is 12.3. The number of hydrogen-bond donors (Lipinski definition) is 0. The molecule has 2 fully saturated rings. The van der Waals surface area contributed by atoms with Crippen LogP contribution in [0.2, 0.25) is 10.0 Å². The highest BCUT2D eigenvalue weighted by Crippen LogP contribution is 2.47. The highest BCUT2D eigenvalue weighted by Gasteiger charge is 2.45. The van der Waals surface area contributed by atoms with Crippen LogP contribution in [0.4, 0.5) is 11.4 Å². The number of anilines is 1. The maximum Gasteiger partial charge on any atom is 0.293 e. The topological polar surface area (TPSA) is 88.3 Å². The molecule has 10 heteroatoms. The number of nitrogens with zero attached hydrogens (tertiary/aromatic N) is 4. The van der Waals surface area contributed by atoms with E-state index in [2.05, 4.69) is 13.0 Å². The van der Waals surface area contributed by atoms with Crippen LogP contribution in [-0.2, 0) is 4.74 Å². The molecule has 42 heavy (non-hydrogen) atoms. The quantitative estimate of drug-likeness (QED) is 0.223. The highest BCUT2D eigenvalue weighted by atomic mass is 35.5. The lowest BCUT2D eigenvalue weighted by atomic mass is 9.73. The van der Waals surface area contributed by atoms with Crippen molar-refractivity contribution in [1.82, 2.24) is 5.01 Å². The number of halogens is 2. The maximum atomic E-state index is 14.2. The Morgan fingerprint density at radius 3 is 2.36 bits per heavy atom. The summed E-state index contributed by atoms with van der Waals surface area (Å²) in [5.74, 6) is -0.0572. The van der Waals surface area contributed by atoms with E-state index >= 15 is 0 Å². The van der Waals surface area contributed by atoms with E-state index in [-0.39, 0.29) is 29.1 Å². The van der Waals surface area contributed by atoms with Crippen LogP contribution in [-0.4, -0.2) is 47.9 Å². The standard InChI is InChI=1S/C32H30Cl2N4O4/c1-20-16-24(18-21-2-7-25(33)8-3-21)30-27(17-20)31(22-4-9-26(34)10-5-22)37(35-30)32(39)23-6-11-28(29(19-23)38(40)41)36-12-14-42-15-13-36/h2-11,18-20,27,31H,12-17H2,1H3. The van der Waals surface area contributed by atoms with Crippen molar-refractivity contribution in [2.24, 2.45) is 16.9 Å². The summed E-state index contributed by atoms with van der Waals surface area (Å²) in [5, 5.41) is 19.9. The number of hydrogen-bond acceptors (Lipinski definition) is 6. The van der Waals surface area contributed by atoms with E-state index in [4.69, 9.17) is 33.0 Å². The zero-order valence-corrected chi connectivity index (χ0v) is 24.6. The van der Waals surface area contributed by atoms with Gasteiger partial charge in [-0.05, 0) is 77.9 Å². The van der Waals surface area contributed by atoms with Crippen molar-refractivity contribution >= 4 is 52.3 Å². The van der Waals surface area contributed by atoms with E-state index in [1.54, 1.807) is 12.1 Å². The predicted octanol–water partition coefficient (Wildman–Crippen LogP) is 7.42. The number of morpholine rings is 1. The number of hydrazone groups is 1. The zero-order chi connectivity index (χ0) is 29.4. The van der Waals surface area contributed by atoms with E-state index < -0.39 is 4.92 Å². The Balaban J connectivity index is 1.41. The van der Waals surface area contributed by atoms with Gasteiger partial charge in [-0.15, -0.1) is 0 Å². The van der Waals surface area contributed by atoms with Crippen molar-refractivity contribution in [1.29, 1.82) is 0 Å². The molecule has 2 aliphatic heterocycles. The zero-order valence-electron chi connectivity index (χ0n) is 23.1. The fourth-order valence-electron chi connectivity index (χ4n) is 6.22. The summed E-state index contributed by atoms with van der Waals surface area (Å²) in [4.78, 5) is 27.8. The summed E-state index contributed by atoms with van der Waals surface area (Å²) < 4.78 is 5.41. The van der Waals surface area contributed by atoms with Gasteiger partial charge >= 0.3 is 0 Å². The summed E-state index contributed by atoms with van der Waals surface area (Å²) in [5.41, 5.74) is 4.46. The van der Waals surface area contributed by atoms with Crippen LogP contribution in [0.1, 0.15) is 47.3 Å². The molecule has 0 aromatic heterocycles. The Morgan fingerprint density at radius 1 is 1.02 bits per heavy atom. The van der Waals surface area contributed by atoms with Gasteiger partial charge in [-0.25, -0.2) is 5.01 Å². The second-order valence-electron chi connectivity index (χ2n) is 11.1. The maximum absolute atomic E-state index is 14.2. The molecule has 0 radical (unpaired) electrons. The van der Waals surface area contributed by atoms with E-state index in [1.165, 1.54) is 11.1 Å². The van der Waals surface area contributed by atoms with Crippen molar-refractivity contribution in [3.8, 4) is 0 Å². The molecule has 6 rings (SSSR count). The summed E-state index contributed by atoms with van der Waals surface area (Å²) in [6, 6.07) is 19.5. The third-order valence-corrected chi connectivity index (χ3v) is 8.67. The predicted molar refractivity (Wildman–Crippen MR) is 165 cm³/mol. The van der Waals surface area contributed by atoms with Crippen molar-refractivity contribution in [2.45, 2.75) is 25.8 Å². The molecule has 2 heterocycles. The number of ether oxygens (including phenoxy) is 1. The van der Waals surface area contributed by atoms with Gasteiger partial charge < -0.3 is 9.64 Å². The SMILES string of the molecule is CC1CC(=Cc2ccc(Cl)cc2)C2=NN(C(=O)c3ccc(N4CCOCC4)c([N+](=O)[O-])c3)C(c3ccc(Cl)cc3)C2C1. The van der Waals surface area contributed by atoms with Crippen LogP contribution in [0.5, 0.6) is 0 Å². The van der Waals surface area contributed by atoms with Crippen molar-refractivity contribution in [2.75, 3.05) is 31.2 Å². The van der Waals surface area contributed by atoms with Crippen molar-refractivity contribution in [3.05, 3.63) is 109 Å². The number of nitro benzene ring substituents is 1. The number of carbonyl (C=O) groups is 1. The van der Waals surface area contributed by atoms with E-state index in [0.29, 0.717) is 48.0 Å². The molecule has 1 saturated heterocycles. The molecule has 216 valence electrons. The van der Waals surface area contributed by atoms with Gasteiger partial charge in [-0.2, -0.15) is 5.10 Å². The number of amides is 1. The summed E-state index contributed by atoms with van der Waals surface area (Å²) in [7, 11) is 0. The molecule has 3 atom stereocenters. The molecule has 3 aliphatic rings. The molecular weight excluding hydrogens is 575 g/mol. The van der Waals surface area contributed by atoms with Gasteiger partial charge in [0.1, 0.15) is 5.69 Å². The van der Waals surface area contributed by atoms with Crippen LogP contribution in [0.25, 0.3) is 6.08 Å². The van der Waals surface area contributed by atoms with Gasteiger partial charge in [0.05, 0.1) is 29.9 Å². The normalized spacial score (nSPS) is 23.1. The number of fused-ring (bicyclic) bond motifs is 1. The van der Waals surface area contributed by atoms with Crippen LogP contribution in [0.3, 0.4) is 0 Å². The Kier molecular flexibility index (Phi) is 8.03. The fourth-order valence-corrected chi connectivity index (χ4v) is 6.47. The lowest BCUT2D eigenvalue weighted by molar-refractivity contribution is -0.384. The molecule has 1 saturated carbocycles. The van der Waals surface area contributed by atoms with E-state index in [1.807, 2.05) is 53.4 Å². The van der Waals surface area contributed by atoms with Crippen molar-refractivity contribution < 1.29 is 14.5 Å². The first-order valence-corrected chi connectivity index (χ1v) is 14.8. The Labute approximate surface area is 254 Å². The largest absolute Gasteiger partial charge is 0.378 e. The number of carbonyl (C=O) groups excluding carboxylic acids is 1. The Bertz CT molecular complexity index is 1570. The van der Waals surface area contributed by atoms with Crippen LogP contribution >= 0.6 is 23.2 Å². The average molecular weight is 606 g/mol. The number of rotatable bonds is 5. The van der Waals surface area contributed by atoms with Gasteiger partial charge in [-0.1, -0.05) is 54.4 Å². The molecule has 3 unspecified atom stereocenters. The third-order valence-electron chi connectivity index (χ3n) is 8.17. The number of nitro groups is 1. The first kappa shape index (κ1) is 28.4. The minimum absolute atomic E-state index is 0.0416. The third kappa shape index (κ3) is 5.67. The van der Waals surface area contributed by atoms with E-state index in [9.17, 15) is 14.9 Å². The molecule has 0 N–H and O–H groups in total. The van der Waals surface area contributed by atoms with Gasteiger partial charge in [-0.3, -0.25) is 14.9 Å². The van der Waals surface area contributed by atoms with Gasteiger partial charge in [0.2, 0.25) is 0 Å². The van der Waals surface area contributed by atoms with Gasteiger partial charge in [0, 0.05) is 40.7 Å². The number of allylic oxidation sites excluding steroid dienone is 1. The second-order valence-corrected chi connectivity index (χ2v) is 11.9. The first-order chi connectivity index (χ1) is 20.3. The molecular formula is C32H30Cl2N4O4. The van der Waals surface area contributed by atoms with E-state index in [0.717, 1.165) is 35.3 Å². The number of benzene rings is 3. The lowest BCUT2D eigenvalue weighted by Gasteiger charge is -2.32. The molecule has 3 aromatic rings. The molecule has 1 amide bonds. The Hall–Kier alpha value is -3.72. The minimum atomic E-state index is -0.428. The minimum Gasteiger partial charge on any atom is -0.378 e. The average Bonchev–Trinajstić information content (AvgIpc) is 3.38. The molecule has 0 bridgehead atoms. The Morgan fingerprint density at radius 2 is 1.69 bits per heavy atom. The van der Waals surface area contributed by atoms with Crippen molar-refractivity contribution in [3.63, 3.8) is 0 Å². The monoisotopic (exact) mass is 604 g/mol. The fraction of sp³-hybridized carbons (Fsp3) is 0.312. The molecule has 8 nitrogen and oxygen atoms in total. The summed E-state index contributed by atoms with van der Waals surface area (Å²) in [6.07, 6.45) is 3.80. The lowest BCUT2D eigenvalue weighted by Crippen LogP contribution is -2.36. The van der Waals surface area contributed by atoms with Gasteiger partial charge in [0.15, 0.2) is 0 Å². The first-order valence-electron chi connectivity index (χ1n) is 14.0. The van der Waals surface area contributed by atoms with Gasteiger partial charge in [0.25, 0.3) is 11.6 Å². The van der Waals surface area contributed by atoms with Crippen LogP contribution < -0.4 is 4.90 Å². The molecule has 3 aromatic carbocycles. The molecule has 1 aliphatic carbocycles.